The Bertz CT molecular complexity index is 454. The summed E-state index contributed by atoms with van der Waals surface area (Å²) in [5.74, 6) is -0.436. The molecule has 4 amide bonds. The second-order valence-electron chi connectivity index (χ2n) is 6.14. The Hall–Kier alpha value is -1.63. The second-order valence-corrected chi connectivity index (χ2v) is 6.14. The number of carbonyl (C=O) groups excluding carboxylic acids is 3. The van der Waals surface area contributed by atoms with E-state index in [1.54, 1.807) is 6.92 Å². The van der Waals surface area contributed by atoms with Crippen LogP contribution in [-0.2, 0) is 9.59 Å². The van der Waals surface area contributed by atoms with E-state index in [0.717, 1.165) is 17.7 Å². The van der Waals surface area contributed by atoms with Gasteiger partial charge < -0.3 is 15.7 Å². The van der Waals surface area contributed by atoms with E-state index in [1.165, 1.54) is 0 Å². The molecule has 2 fully saturated rings. The molecule has 3 N–H and O–H groups in total. The van der Waals surface area contributed by atoms with Gasteiger partial charge in [-0.05, 0) is 38.5 Å². The van der Waals surface area contributed by atoms with Gasteiger partial charge in [0, 0.05) is 6.54 Å². The predicted molar refractivity (Wildman–Crippen MR) is 75.3 cm³/mol. The van der Waals surface area contributed by atoms with Crippen LogP contribution in [-0.4, -0.2) is 52.6 Å². The number of rotatable bonds is 5. The third kappa shape index (κ3) is 3.34. The highest BCUT2D eigenvalue weighted by atomic mass is 16.3. The average molecular weight is 297 g/mol. The van der Waals surface area contributed by atoms with Gasteiger partial charge in [0.15, 0.2) is 0 Å². The van der Waals surface area contributed by atoms with Crippen LogP contribution in [0.3, 0.4) is 0 Å². The predicted octanol–water partition coefficient (Wildman–Crippen LogP) is -0.0159. The van der Waals surface area contributed by atoms with E-state index in [9.17, 15) is 19.5 Å². The summed E-state index contributed by atoms with van der Waals surface area (Å²) in [4.78, 5) is 36.8. The number of aliphatic hydroxyl groups is 1. The number of nitrogens with one attached hydrogen (secondary N) is 2. The van der Waals surface area contributed by atoms with Crippen LogP contribution >= 0.6 is 0 Å². The number of imide groups is 1. The van der Waals surface area contributed by atoms with Crippen molar-refractivity contribution in [3.63, 3.8) is 0 Å². The first-order valence-corrected chi connectivity index (χ1v) is 7.44. The van der Waals surface area contributed by atoms with Crippen LogP contribution in [0.2, 0.25) is 0 Å². The Morgan fingerprint density at radius 1 is 1.48 bits per heavy atom. The molecule has 0 spiro atoms. The summed E-state index contributed by atoms with van der Waals surface area (Å²) in [7, 11) is 0. The van der Waals surface area contributed by atoms with Crippen molar-refractivity contribution in [2.45, 2.75) is 51.2 Å². The number of nitrogens with zero attached hydrogens (tertiary/aromatic N) is 1. The van der Waals surface area contributed by atoms with Gasteiger partial charge in [0.2, 0.25) is 5.91 Å². The molecule has 2 rings (SSSR count). The van der Waals surface area contributed by atoms with Crippen molar-refractivity contribution in [2.75, 3.05) is 13.1 Å². The maximum absolute atomic E-state index is 12.1. The smallest absolute Gasteiger partial charge is 0.325 e. The SMILES string of the molecule is CCC1(C)NC(=O)N(CC(=O)NCC2CCC(O)C2)C1=O. The van der Waals surface area contributed by atoms with Crippen LogP contribution in [0.15, 0.2) is 0 Å². The Kier molecular flexibility index (Phi) is 4.51. The van der Waals surface area contributed by atoms with Crippen molar-refractivity contribution in [3.05, 3.63) is 0 Å². The van der Waals surface area contributed by atoms with E-state index in [2.05, 4.69) is 10.6 Å². The third-order valence-electron chi connectivity index (χ3n) is 4.46. The Morgan fingerprint density at radius 2 is 2.19 bits per heavy atom. The summed E-state index contributed by atoms with van der Waals surface area (Å²) in [5, 5.41) is 14.8. The highest BCUT2D eigenvalue weighted by molar-refractivity contribution is 6.08. The van der Waals surface area contributed by atoms with Gasteiger partial charge in [0.25, 0.3) is 5.91 Å². The van der Waals surface area contributed by atoms with Crippen LogP contribution in [0.25, 0.3) is 0 Å². The minimum Gasteiger partial charge on any atom is -0.393 e. The van der Waals surface area contributed by atoms with Crippen molar-refractivity contribution in [2.24, 2.45) is 5.92 Å². The molecule has 7 heteroatoms. The van der Waals surface area contributed by atoms with Gasteiger partial charge >= 0.3 is 6.03 Å². The molecular formula is C14H23N3O4. The fraction of sp³-hybridized carbons (Fsp3) is 0.786. The lowest BCUT2D eigenvalue weighted by molar-refractivity contribution is -0.134. The van der Waals surface area contributed by atoms with Crippen LogP contribution in [0, 0.1) is 5.92 Å². The van der Waals surface area contributed by atoms with Crippen molar-refractivity contribution in [3.8, 4) is 0 Å². The van der Waals surface area contributed by atoms with Crippen molar-refractivity contribution >= 4 is 17.8 Å². The Balaban J connectivity index is 1.82. The summed E-state index contributed by atoms with van der Waals surface area (Å²) in [5.41, 5.74) is -0.910. The lowest BCUT2D eigenvalue weighted by atomic mass is 9.99. The molecule has 3 atom stereocenters. The monoisotopic (exact) mass is 297 g/mol. The number of amides is 4. The van der Waals surface area contributed by atoms with Gasteiger partial charge in [-0.15, -0.1) is 0 Å². The summed E-state index contributed by atoms with van der Waals surface area (Å²) in [6.45, 7) is 3.69. The number of hydrogen-bond acceptors (Lipinski definition) is 4. The maximum Gasteiger partial charge on any atom is 0.325 e. The number of hydrogen-bond donors (Lipinski definition) is 3. The third-order valence-corrected chi connectivity index (χ3v) is 4.46. The molecular weight excluding hydrogens is 274 g/mol. The van der Waals surface area contributed by atoms with Crippen molar-refractivity contribution in [1.29, 1.82) is 0 Å². The van der Waals surface area contributed by atoms with Gasteiger partial charge in [-0.3, -0.25) is 14.5 Å². The molecule has 21 heavy (non-hydrogen) atoms. The zero-order valence-electron chi connectivity index (χ0n) is 12.5. The molecule has 7 nitrogen and oxygen atoms in total. The first-order valence-electron chi connectivity index (χ1n) is 7.44. The lowest BCUT2D eigenvalue weighted by Gasteiger charge is -2.19. The average Bonchev–Trinajstić information content (AvgIpc) is 2.94. The zero-order valence-corrected chi connectivity index (χ0v) is 12.5. The van der Waals surface area contributed by atoms with E-state index in [4.69, 9.17) is 0 Å². The molecule has 1 heterocycles. The van der Waals surface area contributed by atoms with Gasteiger partial charge in [0.1, 0.15) is 12.1 Å². The van der Waals surface area contributed by atoms with Crippen LogP contribution in [0.4, 0.5) is 4.79 Å². The number of aliphatic hydroxyl groups excluding tert-OH is 1. The number of carbonyl (C=O) groups is 3. The summed E-state index contributed by atoms with van der Waals surface area (Å²) in [6, 6.07) is -0.518. The van der Waals surface area contributed by atoms with E-state index in [1.807, 2.05) is 6.92 Å². The highest BCUT2D eigenvalue weighted by Gasteiger charge is 2.46. The quantitative estimate of drug-likeness (QED) is 0.621. The molecule has 118 valence electrons. The summed E-state index contributed by atoms with van der Waals surface area (Å²) < 4.78 is 0. The van der Waals surface area contributed by atoms with E-state index >= 15 is 0 Å². The molecule has 1 saturated carbocycles. The van der Waals surface area contributed by atoms with Crippen LogP contribution in [0.5, 0.6) is 0 Å². The van der Waals surface area contributed by atoms with Gasteiger partial charge in [0.05, 0.1) is 6.10 Å². The molecule has 0 aromatic carbocycles. The number of urea groups is 1. The molecule has 0 radical (unpaired) electrons. The van der Waals surface area contributed by atoms with Crippen molar-refractivity contribution in [1.82, 2.24) is 15.5 Å². The largest absolute Gasteiger partial charge is 0.393 e. The van der Waals surface area contributed by atoms with Crippen LogP contribution < -0.4 is 10.6 Å². The molecule has 1 aliphatic heterocycles. The standard InChI is InChI=1S/C14H23N3O4/c1-3-14(2)12(20)17(13(21)16-14)8-11(19)15-7-9-4-5-10(18)6-9/h9-10,18H,3-8H2,1-2H3,(H,15,19)(H,16,21). The minimum atomic E-state index is -0.910. The minimum absolute atomic E-state index is 0.254. The molecule has 3 unspecified atom stereocenters. The maximum atomic E-state index is 12.1. The summed E-state index contributed by atoms with van der Waals surface area (Å²) >= 11 is 0. The van der Waals surface area contributed by atoms with Gasteiger partial charge in [-0.25, -0.2) is 4.79 Å². The van der Waals surface area contributed by atoms with E-state index < -0.39 is 11.6 Å². The van der Waals surface area contributed by atoms with Crippen LogP contribution in [0.1, 0.15) is 39.5 Å². The Labute approximate surface area is 124 Å². The fourth-order valence-corrected chi connectivity index (χ4v) is 2.82. The Morgan fingerprint density at radius 3 is 2.71 bits per heavy atom. The second kappa shape index (κ2) is 6.01. The fourth-order valence-electron chi connectivity index (χ4n) is 2.82. The zero-order chi connectivity index (χ0) is 15.6. The van der Waals surface area contributed by atoms with E-state index in [0.29, 0.717) is 19.4 Å². The molecule has 0 aromatic heterocycles. The van der Waals surface area contributed by atoms with Gasteiger partial charge in [-0.1, -0.05) is 6.92 Å². The molecule has 1 saturated heterocycles. The first kappa shape index (κ1) is 15.8. The molecule has 0 aromatic rings. The van der Waals surface area contributed by atoms with Crippen molar-refractivity contribution < 1.29 is 19.5 Å². The topological polar surface area (TPSA) is 98.7 Å². The lowest BCUT2D eigenvalue weighted by Crippen LogP contribution is -2.45. The highest BCUT2D eigenvalue weighted by Crippen LogP contribution is 2.24. The molecule has 2 aliphatic rings. The molecule has 1 aliphatic carbocycles. The first-order chi connectivity index (χ1) is 9.85. The normalized spacial score (nSPS) is 32.4. The summed E-state index contributed by atoms with van der Waals surface area (Å²) in [6.07, 6.45) is 2.55. The van der Waals surface area contributed by atoms with Gasteiger partial charge in [-0.2, -0.15) is 0 Å². The van der Waals surface area contributed by atoms with E-state index in [-0.39, 0.29) is 30.4 Å². The molecule has 0 bridgehead atoms.